The summed E-state index contributed by atoms with van der Waals surface area (Å²) < 4.78 is 0. The smallest absolute Gasteiger partial charge is 0.251 e. The molecule has 0 aliphatic rings. The highest BCUT2D eigenvalue weighted by Crippen LogP contribution is 2.04. The van der Waals surface area contributed by atoms with Crippen LogP contribution < -0.4 is 16.0 Å². The Morgan fingerprint density at radius 3 is 2.15 bits per heavy atom. The fraction of sp³-hybridized carbons (Fsp3) is 0.600. The molecule has 3 N–H and O–H groups in total. The maximum atomic E-state index is 12.0. The fourth-order valence-electron chi connectivity index (χ4n) is 2.42. The third-order valence-electron chi connectivity index (χ3n) is 4.04. The first-order valence-corrected chi connectivity index (χ1v) is 9.52. The van der Waals surface area contributed by atoms with Crippen molar-refractivity contribution in [2.45, 2.75) is 58.9 Å². The first kappa shape index (κ1) is 24.7. The highest BCUT2D eigenvalue weighted by Gasteiger charge is 2.04. The second-order valence-electron chi connectivity index (χ2n) is 6.22. The van der Waals surface area contributed by atoms with Crippen molar-refractivity contribution >= 4 is 35.8 Å². The van der Waals surface area contributed by atoms with Crippen molar-refractivity contribution in [1.82, 2.24) is 16.0 Å². The Hall–Kier alpha value is -1.31. The molecule has 0 aromatic heterocycles. The average Bonchev–Trinajstić information content (AvgIpc) is 2.64. The highest BCUT2D eigenvalue weighted by molar-refractivity contribution is 14.0. The van der Waals surface area contributed by atoms with Crippen LogP contribution in [0.25, 0.3) is 0 Å². The molecule has 0 saturated heterocycles. The average molecular weight is 474 g/mol. The number of rotatable bonds is 11. The Morgan fingerprint density at radius 1 is 0.885 bits per heavy atom. The molecule has 1 rings (SSSR count). The normalized spacial score (nSPS) is 10.8. The lowest BCUT2D eigenvalue weighted by Gasteiger charge is -2.12. The summed E-state index contributed by atoms with van der Waals surface area (Å²) >= 11 is 0. The number of nitrogens with zero attached hydrogens (tertiary/aromatic N) is 1. The number of nitrogens with one attached hydrogen (secondary N) is 3. The molecule has 0 aliphatic carbocycles. The van der Waals surface area contributed by atoms with Gasteiger partial charge in [0.2, 0.25) is 0 Å². The molecule has 0 radical (unpaired) electrons. The third-order valence-corrected chi connectivity index (χ3v) is 4.04. The minimum atomic E-state index is -0.00230. The summed E-state index contributed by atoms with van der Waals surface area (Å²) in [6, 6.07) is 7.71. The minimum absolute atomic E-state index is 0. The maximum Gasteiger partial charge on any atom is 0.251 e. The van der Waals surface area contributed by atoms with E-state index in [-0.39, 0.29) is 29.9 Å². The second kappa shape index (κ2) is 15.9. The zero-order chi connectivity index (χ0) is 18.3. The number of benzene rings is 1. The van der Waals surface area contributed by atoms with Crippen molar-refractivity contribution in [2.75, 3.05) is 20.1 Å². The summed E-state index contributed by atoms with van der Waals surface area (Å²) in [5.74, 6) is 0.815. The molecule has 0 aliphatic heterocycles. The monoisotopic (exact) mass is 474 g/mol. The number of carbonyl (C=O) groups is 1. The fourth-order valence-corrected chi connectivity index (χ4v) is 2.42. The van der Waals surface area contributed by atoms with Gasteiger partial charge in [-0.15, -0.1) is 24.0 Å². The Balaban J connectivity index is 0.00000625. The molecule has 148 valence electrons. The summed E-state index contributed by atoms with van der Waals surface area (Å²) in [6.45, 7) is 6.69. The Labute approximate surface area is 175 Å². The number of hydrogen-bond acceptors (Lipinski definition) is 2. The van der Waals surface area contributed by atoms with Crippen LogP contribution in [-0.4, -0.2) is 32.0 Å². The Bertz CT molecular complexity index is 517. The predicted molar refractivity (Wildman–Crippen MR) is 121 cm³/mol. The van der Waals surface area contributed by atoms with Crippen LogP contribution >= 0.6 is 24.0 Å². The molecule has 1 aromatic rings. The van der Waals surface area contributed by atoms with E-state index in [9.17, 15) is 4.79 Å². The van der Waals surface area contributed by atoms with Gasteiger partial charge in [0, 0.05) is 32.2 Å². The summed E-state index contributed by atoms with van der Waals surface area (Å²) in [7, 11) is 1.78. The van der Waals surface area contributed by atoms with Crippen LogP contribution in [0.3, 0.4) is 0 Å². The van der Waals surface area contributed by atoms with Crippen molar-refractivity contribution in [1.29, 1.82) is 0 Å². The molecule has 0 heterocycles. The zero-order valence-electron chi connectivity index (χ0n) is 16.4. The van der Waals surface area contributed by atoms with Gasteiger partial charge in [0.15, 0.2) is 5.96 Å². The maximum absolute atomic E-state index is 12.0. The number of aliphatic imine (C=N–C) groups is 1. The van der Waals surface area contributed by atoms with E-state index in [0.29, 0.717) is 12.1 Å². The van der Waals surface area contributed by atoms with Crippen molar-refractivity contribution in [3.8, 4) is 0 Å². The summed E-state index contributed by atoms with van der Waals surface area (Å²) in [6.07, 6.45) is 7.04. The van der Waals surface area contributed by atoms with Crippen molar-refractivity contribution in [3.05, 3.63) is 35.4 Å². The number of carbonyl (C=O) groups excluding carboxylic acids is 1. The van der Waals surface area contributed by atoms with Gasteiger partial charge in [-0.3, -0.25) is 9.79 Å². The molecule has 0 fully saturated rings. The van der Waals surface area contributed by atoms with E-state index in [1.165, 1.54) is 19.3 Å². The minimum Gasteiger partial charge on any atom is -0.356 e. The van der Waals surface area contributed by atoms with Gasteiger partial charge in [-0.25, -0.2) is 0 Å². The highest BCUT2D eigenvalue weighted by atomic mass is 127. The number of hydrogen-bond donors (Lipinski definition) is 3. The van der Waals surface area contributed by atoms with E-state index in [1.807, 2.05) is 24.3 Å². The van der Waals surface area contributed by atoms with Crippen molar-refractivity contribution in [3.63, 3.8) is 0 Å². The van der Waals surface area contributed by atoms with E-state index in [2.05, 4.69) is 34.8 Å². The van der Waals surface area contributed by atoms with Crippen LogP contribution in [0.1, 0.15) is 68.3 Å². The van der Waals surface area contributed by atoms with E-state index in [1.54, 1.807) is 7.05 Å². The molecule has 6 heteroatoms. The second-order valence-corrected chi connectivity index (χ2v) is 6.22. The molecule has 0 bridgehead atoms. The summed E-state index contributed by atoms with van der Waals surface area (Å²) in [5.41, 5.74) is 1.83. The molecule has 0 saturated carbocycles. The van der Waals surface area contributed by atoms with E-state index >= 15 is 0 Å². The van der Waals surface area contributed by atoms with Gasteiger partial charge < -0.3 is 16.0 Å². The Morgan fingerprint density at radius 2 is 1.54 bits per heavy atom. The lowest BCUT2D eigenvalue weighted by Crippen LogP contribution is -2.37. The Kier molecular flexibility index (Phi) is 15.1. The van der Waals surface area contributed by atoms with Crippen LogP contribution in [-0.2, 0) is 6.54 Å². The van der Waals surface area contributed by atoms with E-state index in [0.717, 1.165) is 43.9 Å². The SMILES string of the molecule is CCCCCCNC(=NC)NCc1ccc(C(=O)NCCCC)cc1.I. The molecule has 0 spiro atoms. The zero-order valence-corrected chi connectivity index (χ0v) is 18.8. The predicted octanol–water partition coefficient (Wildman–Crippen LogP) is 4.08. The number of guanidine groups is 1. The van der Waals surface area contributed by atoms with Crippen molar-refractivity contribution in [2.24, 2.45) is 4.99 Å². The van der Waals surface area contributed by atoms with Gasteiger partial charge >= 0.3 is 0 Å². The number of amides is 1. The summed E-state index contributed by atoms with van der Waals surface area (Å²) in [4.78, 5) is 16.2. The standard InChI is InChI=1S/C20H34N4O.HI/c1-4-6-8-9-15-23-20(21-3)24-16-17-10-12-18(13-11-17)19(25)22-14-7-5-2;/h10-13H,4-9,14-16H2,1-3H3,(H,22,25)(H2,21,23,24);1H. The van der Waals surface area contributed by atoms with Gasteiger partial charge in [-0.05, 0) is 30.5 Å². The first-order valence-electron chi connectivity index (χ1n) is 9.52. The van der Waals surface area contributed by atoms with Crippen LogP contribution in [0.15, 0.2) is 29.3 Å². The van der Waals surface area contributed by atoms with Gasteiger partial charge in [0.25, 0.3) is 5.91 Å². The molecule has 1 aromatic carbocycles. The van der Waals surface area contributed by atoms with Crippen LogP contribution in [0.4, 0.5) is 0 Å². The largest absolute Gasteiger partial charge is 0.356 e. The molecule has 0 unspecified atom stereocenters. The molecule has 5 nitrogen and oxygen atoms in total. The van der Waals surface area contributed by atoms with Crippen LogP contribution in [0.5, 0.6) is 0 Å². The van der Waals surface area contributed by atoms with Crippen LogP contribution in [0, 0.1) is 0 Å². The van der Waals surface area contributed by atoms with Crippen molar-refractivity contribution < 1.29 is 4.79 Å². The third kappa shape index (κ3) is 10.6. The first-order chi connectivity index (χ1) is 12.2. The lowest BCUT2D eigenvalue weighted by atomic mass is 10.1. The summed E-state index contributed by atoms with van der Waals surface area (Å²) in [5, 5.41) is 9.57. The van der Waals surface area contributed by atoms with Gasteiger partial charge in [-0.1, -0.05) is 51.7 Å². The molecular formula is C20H35IN4O. The van der Waals surface area contributed by atoms with E-state index < -0.39 is 0 Å². The quantitative estimate of drug-likeness (QED) is 0.196. The topological polar surface area (TPSA) is 65.5 Å². The van der Waals surface area contributed by atoms with Gasteiger partial charge in [-0.2, -0.15) is 0 Å². The van der Waals surface area contributed by atoms with Crippen LogP contribution in [0.2, 0.25) is 0 Å². The number of halogens is 1. The molecule has 26 heavy (non-hydrogen) atoms. The molecule has 0 atom stereocenters. The molecular weight excluding hydrogens is 439 g/mol. The van der Waals surface area contributed by atoms with E-state index in [4.69, 9.17) is 0 Å². The van der Waals surface area contributed by atoms with Gasteiger partial charge in [0.1, 0.15) is 0 Å². The number of unbranched alkanes of at least 4 members (excludes halogenated alkanes) is 4. The molecule has 1 amide bonds. The van der Waals surface area contributed by atoms with Gasteiger partial charge in [0.05, 0.1) is 0 Å². The lowest BCUT2D eigenvalue weighted by molar-refractivity contribution is 0.0953.